The van der Waals surface area contributed by atoms with E-state index in [-0.39, 0.29) is 17.9 Å². The van der Waals surface area contributed by atoms with Gasteiger partial charge in [0.15, 0.2) is 0 Å². The number of urea groups is 1. The highest BCUT2D eigenvalue weighted by atomic mass is 32.2. The average molecular weight is 386 g/mol. The van der Waals surface area contributed by atoms with Gasteiger partial charge in [-0.1, -0.05) is 6.07 Å². The minimum absolute atomic E-state index is 0.174. The number of fused-ring (bicyclic) bond motifs is 5. The van der Waals surface area contributed by atoms with Gasteiger partial charge < -0.3 is 21.7 Å². The van der Waals surface area contributed by atoms with E-state index in [9.17, 15) is 9.59 Å². The first-order valence-electron chi connectivity index (χ1n) is 8.63. The number of rotatable bonds is 0. The van der Waals surface area contributed by atoms with Crippen molar-refractivity contribution in [3.05, 3.63) is 34.9 Å². The van der Waals surface area contributed by atoms with E-state index in [0.717, 1.165) is 21.7 Å². The molecule has 1 aromatic carbocycles. The summed E-state index contributed by atoms with van der Waals surface area (Å²) < 4.78 is 0. The van der Waals surface area contributed by atoms with Gasteiger partial charge in [0.2, 0.25) is 5.95 Å². The van der Waals surface area contributed by atoms with Crippen LogP contribution in [0, 0.1) is 13.8 Å². The summed E-state index contributed by atoms with van der Waals surface area (Å²) in [6.07, 6.45) is 0. The summed E-state index contributed by atoms with van der Waals surface area (Å²) in [5.74, 6) is 0.630. The smallest absolute Gasteiger partial charge is 0.314 e. The van der Waals surface area contributed by atoms with E-state index >= 15 is 0 Å². The minimum Gasteiger partial charge on any atom is -0.368 e. The molecule has 0 radical (unpaired) electrons. The highest BCUT2D eigenvalue weighted by Crippen LogP contribution is 2.28. The van der Waals surface area contributed by atoms with E-state index in [4.69, 9.17) is 5.73 Å². The van der Waals surface area contributed by atoms with Crippen LogP contribution in [0.2, 0.25) is 0 Å². The number of benzene rings is 1. The van der Waals surface area contributed by atoms with Crippen molar-refractivity contribution >= 4 is 29.6 Å². The number of nitrogens with two attached hydrogens (primary N) is 1. The molecule has 1 aliphatic rings. The van der Waals surface area contributed by atoms with Crippen molar-refractivity contribution in [2.45, 2.75) is 18.9 Å². The summed E-state index contributed by atoms with van der Waals surface area (Å²) in [6, 6.07) is 5.38. The third-order valence-electron chi connectivity index (χ3n) is 4.15. The van der Waals surface area contributed by atoms with Gasteiger partial charge in [0.1, 0.15) is 5.03 Å². The first-order valence-corrected chi connectivity index (χ1v) is 9.61. The molecule has 9 heteroatoms. The fraction of sp³-hybridized carbons (Fsp3) is 0.333. The van der Waals surface area contributed by atoms with Gasteiger partial charge in [-0.15, -0.1) is 11.8 Å². The zero-order valence-corrected chi connectivity index (χ0v) is 16.1. The van der Waals surface area contributed by atoms with Crippen molar-refractivity contribution < 1.29 is 9.59 Å². The van der Waals surface area contributed by atoms with Gasteiger partial charge in [-0.05, 0) is 37.1 Å². The zero-order chi connectivity index (χ0) is 19.4. The molecule has 0 spiro atoms. The van der Waals surface area contributed by atoms with Gasteiger partial charge in [-0.25, -0.2) is 14.8 Å². The molecule has 0 fully saturated rings. The van der Waals surface area contributed by atoms with E-state index < -0.39 is 0 Å². The number of nitrogens with one attached hydrogen (secondary N) is 3. The SMILES string of the molecule is Cc1cc(C)c2cc1C(=O)NCCNC(=O)NCCSc1cc-2nc(N)n1. The van der Waals surface area contributed by atoms with Crippen LogP contribution in [0.15, 0.2) is 23.2 Å². The Kier molecular flexibility index (Phi) is 5.80. The van der Waals surface area contributed by atoms with E-state index in [2.05, 4.69) is 25.9 Å². The summed E-state index contributed by atoms with van der Waals surface area (Å²) >= 11 is 1.48. The van der Waals surface area contributed by atoms with Gasteiger partial charge in [0.25, 0.3) is 5.91 Å². The van der Waals surface area contributed by atoms with Crippen molar-refractivity contribution in [1.82, 2.24) is 25.9 Å². The lowest BCUT2D eigenvalue weighted by Gasteiger charge is -2.14. The molecule has 0 saturated heterocycles. The van der Waals surface area contributed by atoms with Crippen LogP contribution in [-0.2, 0) is 0 Å². The molecule has 2 heterocycles. The molecule has 1 aliphatic heterocycles. The third-order valence-corrected chi connectivity index (χ3v) is 5.06. The lowest BCUT2D eigenvalue weighted by Crippen LogP contribution is -2.41. The largest absolute Gasteiger partial charge is 0.368 e. The molecule has 3 amide bonds. The van der Waals surface area contributed by atoms with Crippen LogP contribution in [0.5, 0.6) is 0 Å². The van der Waals surface area contributed by atoms with Crippen LogP contribution < -0.4 is 21.7 Å². The molecular formula is C18H22N6O2S. The highest BCUT2D eigenvalue weighted by Gasteiger charge is 2.15. The van der Waals surface area contributed by atoms with Gasteiger partial charge in [0, 0.05) is 36.5 Å². The number of aryl methyl sites for hydroxylation is 2. The van der Waals surface area contributed by atoms with Crippen LogP contribution in [0.1, 0.15) is 21.5 Å². The summed E-state index contributed by atoms with van der Waals surface area (Å²) in [4.78, 5) is 32.9. The molecule has 0 saturated carbocycles. The summed E-state index contributed by atoms with van der Waals surface area (Å²) in [6.45, 7) is 5.05. The summed E-state index contributed by atoms with van der Waals surface area (Å²) in [7, 11) is 0. The van der Waals surface area contributed by atoms with Crippen LogP contribution >= 0.6 is 11.8 Å². The maximum atomic E-state index is 12.6. The molecule has 0 unspecified atom stereocenters. The molecule has 8 nitrogen and oxygen atoms in total. The second-order valence-corrected chi connectivity index (χ2v) is 7.33. The fourth-order valence-electron chi connectivity index (χ4n) is 2.86. The van der Waals surface area contributed by atoms with Gasteiger partial charge in [-0.2, -0.15) is 0 Å². The van der Waals surface area contributed by atoms with Gasteiger partial charge in [0.05, 0.1) is 5.69 Å². The zero-order valence-electron chi connectivity index (χ0n) is 15.3. The Morgan fingerprint density at radius 1 is 0.926 bits per heavy atom. The quantitative estimate of drug-likeness (QED) is 0.509. The van der Waals surface area contributed by atoms with E-state index in [1.807, 2.05) is 32.0 Å². The number of thioether (sulfide) groups is 1. The molecule has 142 valence electrons. The Balaban J connectivity index is 2.03. The number of amides is 3. The Labute approximate surface area is 161 Å². The topological polar surface area (TPSA) is 122 Å². The summed E-state index contributed by atoms with van der Waals surface area (Å²) in [5.41, 5.74) is 9.86. The molecule has 0 aliphatic carbocycles. The molecule has 1 aromatic heterocycles. The molecule has 27 heavy (non-hydrogen) atoms. The fourth-order valence-corrected chi connectivity index (χ4v) is 3.62. The maximum absolute atomic E-state index is 12.6. The first-order chi connectivity index (χ1) is 12.9. The summed E-state index contributed by atoms with van der Waals surface area (Å²) in [5, 5.41) is 9.02. The van der Waals surface area contributed by atoms with Crippen molar-refractivity contribution in [2.75, 3.05) is 31.1 Å². The lowest BCUT2D eigenvalue weighted by atomic mass is 9.97. The first kappa shape index (κ1) is 19.0. The Hall–Kier alpha value is -2.81. The number of aromatic nitrogens is 2. The Morgan fingerprint density at radius 2 is 1.63 bits per heavy atom. The van der Waals surface area contributed by atoms with Gasteiger partial charge in [-0.3, -0.25) is 4.79 Å². The molecule has 4 bridgehead atoms. The number of carbonyl (C=O) groups excluding carboxylic acids is 2. The van der Waals surface area contributed by atoms with Crippen LogP contribution in [0.25, 0.3) is 11.3 Å². The number of carbonyl (C=O) groups is 2. The maximum Gasteiger partial charge on any atom is 0.314 e. The standard InChI is InChI=1S/C18H22N6O2S/c1-10-7-11(2)13-8-12(10)14-9-15(24-17(19)23-14)27-6-5-22-18(26)21-4-3-20-16(13)25/h7-9H,3-6H2,1-2H3,(H,20,25)(H2,19,23,24)(H2,21,22,26). The highest BCUT2D eigenvalue weighted by molar-refractivity contribution is 7.99. The van der Waals surface area contributed by atoms with Crippen molar-refractivity contribution in [1.29, 1.82) is 0 Å². The second kappa shape index (κ2) is 8.26. The second-order valence-electron chi connectivity index (χ2n) is 6.22. The number of nitrogens with zero attached hydrogens (tertiary/aromatic N) is 2. The van der Waals surface area contributed by atoms with Crippen LogP contribution in [-0.4, -0.2) is 47.3 Å². The number of hydrogen-bond donors (Lipinski definition) is 4. The van der Waals surface area contributed by atoms with Crippen molar-refractivity contribution in [3.63, 3.8) is 0 Å². The third kappa shape index (κ3) is 4.68. The van der Waals surface area contributed by atoms with Crippen LogP contribution in [0.3, 0.4) is 0 Å². The Bertz CT molecular complexity index is 886. The number of nitrogen functional groups attached to an aromatic ring is 1. The van der Waals surface area contributed by atoms with Crippen molar-refractivity contribution in [2.24, 2.45) is 0 Å². The van der Waals surface area contributed by atoms with E-state index in [0.29, 0.717) is 36.6 Å². The van der Waals surface area contributed by atoms with Crippen LogP contribution in [0.4, 0.5) is 10.7 Å². The van der Waals surface area contributed by atoms with Crippen molar-refractivity contribution in [3.8, 4) is 11.3 Å². The predicted octanol–water partition coefficient (Wildman–Crippen LogP) is 1.48. The molecule has 5 N–H and O–H groups in total. The molecule has 2 aromatic rings. The van der Waals surface area contributed by atoms with E-state index in [1.165, 1.54) is 11.8 Å². The monoisotopic (exact) mass is 386 g/mol. The van der Waals surface area contributed by atoms with Gasteiger partial charge >= 0.3 is 6.03 Å². The molecular weight excluding hydrogens is 364 g/mol. The Morgan fingerprint density at radius 3 is 2.44 bits per heavy atom. The normalized spacial score (nSPS) is 15.5. The predicted molar refractivity (Wildman–Crippen MR) is 106 cm³/mol. The average Bonchev–Trinajstić information content (AvgIpc) is 2.61. The molecule has 0 atom stereocenters. The lowest BCUT2D eigenvalue weighted by molar-refractivity contribution is 0.0953. The molecule has 3 rings (SSSR count). The minimum atomic E-state index is -0.270. The van der Waals surface area contributed by atoms with E-state index in [1.54, 1.807) is 0 Å². The number of hydrogen-bond acceptors (Lipinski definition) is 6. The number of anilines is 1.